The lowest BCUT2D eigenvalue weighted by atomic mass is 10.1. The van der Waals surface area contributed by atoms with Gasteiger partial charge in [0.15, 0.2) is 0 Å². The Morgan fingerprint density at radius 1 is 0.632 bits per heavy atom. The van der Waals surface area contributed by atoms with Crippen molar-refractivity contribution in [1.29, 1.82) is 0 Å². The molecule has 0 unspecified atom stereocenters. The highest BCUT2D eigenvalue weighted by molar-refractivity contribution is 5.67. The minimum atomic E-state index is -0.809. The van der Waals surface area contributed by atoms with Crippen LogP contribution in [0.15, 0.2) is 0 Å². The molecule has 0 amide bonds. The fourth-order valence-electron chi connectivity index (χ4n) is 1.30. The molecule has 0 aromatic heterocycles. The number of carboxylic acids is 2. The van der Waals surface area contributed by atoms with Crippen molar-refractivity contribution in [2.45, 2.75) is 57.8 Å². The van der Waals surface area contributed by atoms with Crippen LogP contribution < -0.4 is 0 Å². The Labute approximate surface area is 114 Å². The molecule has 0 aliphatic heterocycles. The molecule has 0 aromatic rings. The van der Waals surface area contributed by atoms with Crippen molar-refractivity contribution in [2.75, 3.05) is 0 Å². The summed E-state index contributed by atoms with van der Waals surface area (Å²) in [6, 6.07) is 0. The largest absolute Gasteiger partial charge is 0.481 e. The second kappa shape index (κ2) is 12.5. The predicted molar refractivity (Wildman–Crippen MR) is 72.4 cm³/mol. The van der Waals surface area contributed by atoms with Gasteiger partial charge < -0.3 is 10.2 Å². The molecular weight excluding hydrogens is 244 g/mol. The van der Waals surface area contributed by atoms with Gasteiger partial charge in [-0.3, -0.25) is 9.59 Å². The van der Waals surface area contributed by atoms with E-state index in [4.69, 9.17) is 10.2 Å². The molecule has 0 radical (unpaired) electrons. The lowest BCUT2D eigenvalue weighted by Gasteiger charge is -1.92. The van der Waals surface area contributed by atoms with Gasteiger partial charge in [-0.1, -0.05) is 6.42 Å². The van der Waals surface area contributed by atoms with E-state index in [1.54, 1.807) is 0 Å². The first-order valence-corrected chi connectivity index (χ1v) is 6.48. The fraction of sp³-hybridized carbons (Fsp3) is 0.600. The number of aliphatic carboxylic acids is 2. The highest BCUT2D eigenvalue weighted by atomic mass is 16.4. The summed E-state index contributed by atoms with van der Waals surface area (Å²) in [6.45, 7) is 0. The third kappa shape index (κ3) is 16.1. The van der Waals surface area contributed by atoms with Crippen LogP contribution in [0.25, 0.3) is 0 Å². The molecule has 0 spiro atoms. The van der Waals surface area contributed by atoms with Crippen LogP contribution in [0.2, 0.25) is 0 Å². The van der Waals surface area contributed by atoms with Gasteiger partial charge >= 0.3 is 11.9 Å². The Bertz CT molecular complexity index is 352. The smallest absolute Gasteiger partial charge is 0.304 e. The van der Waals surface area contributed by atoms with Crippen molar-refractivity contribution in [1.82, 2.24) is 0 Å². The topological polar surface area (TPSA) is 74.6 Å². The van der Waals surface area contributed by atoms with Crippen LogP contribution >= 0.6 is 0 Å². The van der Waals surface area contributed by atoms with Gasteiger partial charge in [0.2, 0.25) is 0 Å². The molecule has 0 saturated carbocycles. The first-order valence-electron chi connectivity index (χ1n) is 6.48. The van der Waals surface area contributed by atoms with Crippen LogP contribution in [-0.2, 0) is 9.59 Å². The number of hydrogen-bond acceptors (Lipinski definition) is 2. The second-order valence-electron chi connectivity index (χ2n) is 4.06. The van der Waals surface area contributed by atoms with Gasteiger partial charge in [-0.05, 0) is 12.8 Å². The molecule has 0 bridgehead atoms. The summed E-state index contributed by atoms with van der Waals surface area (Å²) in [7, 11) is 0. The van der Waals surface area contributed by atoms with Gasteiger partial charge in [-0.25, -0.2) is 0 Å². The maximum Gasteiger partial charge on any atom is 0.304 e. The summed E-state index contributed by atoms with van der Waals surface area (Å²) in [5, 5.41) is 16.8. The number of hydrogen-bond donors (Lipinski definition) is 2. The molecule has 4 heteroatoms. The normalized spacial score (nSPS) is 8.84. The molecule has 0 atom stereocenters. The fourth-order valence-corrected chi connectivity index (χ4v) is 1.30. The van der Waals surface area contributed by atoms with Crippen molar-refractivity contribution >= 4 is 11.9 Å². The van der Waals surface area contributed by atoms with Gasteiger partial charge in [0.05, 0.1) is 12.8 Å². The van der Waals surface area contributed by atoms with Crippen LogP contribution in [0.1, 0.15) is 57.8 Å². The van der Waals surface area contributed by atoms with Crippen molar-refractivity contribution < 1.29 is 19.8 Å². The van der Waals surface area contributed by atoms with E-state index < -0.39 is 11.9 Å². The van der Waals surface area contributed by atoms with E-state index in [0.717, 1.165) is 32.1 Å². The molecule has 4 nitrogen and oxygen atoms in total. The van der Waals surface area contributed by atoms with E-state index in [1.165, 1.54) is 0 Å². The molecule has 0 aliphatic carbocycles. The number of carbonyl (C=O) groups is 2. The predicted octanol–water partition coefficient (Wildman–Crippen LogP) is 2.67. The lowest BCUT2D eigenvalue weighted by Crippen LogP contribution is -1.91. The van der Waals surface area contributed by atoms with E-state index in [0.29, 0.717) is 12.8 Å². The Morgan fingerprint density at radius 2 is 1.00 bits per heavy atom. The van der Waals surface area contributed by atoms with E-state index in [9.17, 15) is 9.59 Å². The standard InChI is InChI=1S/C15H20O4/c16-14(17)12-10-8-6-4-2-1-3-5-7-9-11-13-15(18)19/h1-5,10-13H2,(H,16,17)(H,18,19). The zero-order chi connectivity index (χ0) is 14.3. The molecule has 0 fully saturated rings. The van der Waals surface area contributed by atoms with E-state index >= 15 is 0 Å². The van der Waals surface area contributed by atoms with Gasteiger partial charge in [0, 0.05) is 25.7 Å². The molecule has 0 aromatic carbocycles. The van der Waals surface area contributed by atoms with E-state index in [2.05, 4.69) is 23.7 Å². The summed E-state index contributed by atoms with van der Waals surface area (Å²) in [6.07, 6.45) is 5.69. The molecule has 0 rings (SSSR count). The molecule has 2 N–H and O–H groups in total. The van der Waals surface area contributed by atoms with Crippen molar-refractivity contribution in [3.05, 3.63) is 0 Å². The molecule has 0 saturated heterocycles. The molecule has 19 heavy (non-hydrogen) atoms. The maximum absolute atomic E-state index is 10.2. The Kier molecular flexibility index (Phi) is 11.2. The van der Waals surface area contributed by atoms with Gasteiger partial charge in [0.1, 0.15) is 0 Å². The number of unbranched alkanes of at least 4 members (excludes halogenated alkanes) is 4. The zero-order valence-corrected chi connectivity index (χ0v) is 11.1. The lowest BCUT2D eigenvalue weighted by molar-refractivity contribution is -0.137. The van der Waals surface area contributed by atoms with Crippen LogP contribution in [0.3, 0.4) is 0 Å². The highest BCUT2D eigenvalue weighted by Crippen LogP contribution is 2.01. The average molecular weight is 264 g/mol. The summed E-state index contributed by atoms with van der Waals surface area (Å²) in [4.78, 5) is 20.4. The minimum Gasteiger partial charge on any atom is -0.481 e. The maximum atomic E-state index is 10.2. The first-order chi connectivity index (χ1) is 9.13. The monoisotopic (exact) mass is 264 g/mol. The molecule has 0 heterocycles. The van der Waals surface area contributed by atoms with Crippen molar-refractivity contribution in [2.24, 2.45) is 0 Å². The molecule has 0 aliphatic rings. The Balaban J connectivity index is 3.31. The minimum absolute atomic E-state index is 0.110. The first kappa shape index (κ1) is 17.1. The molecular formula is C15H20O4. The summed E-state index contributed by atoms with van der Waals surface area (Å²) in [5.41, 5.74) is 0. The Hall–Kier alpha value is -1.94. The second-order valence-corrected chi connectivity index (χ2v) is 4.06. The van der Waals surface area contributed by atoms with E-state index in [-0.39, 0.29) is 12.8 Å². The summed E-state index contributed by atoms with van der Waals surface area (Å²) >= 11 is 0. The molecule has 104 valence electrons. The number of carboxylic acid groups (broad SMARTS) is 2. The highest BCUT2D eigenvalue weighted by Gasteiger charge is 1.92. The van der Waals surface area contributed by atoms with Crippen molar-refractivity contribution in [3.8, 4) is 23.7 Å². The summed E-state index contributed by atoms with van der Waals surface area (Å²) < 4.78 is 0. The van der Waals surface area contributed by atoms with Crippen LogP contribution in [-0.4, -0.2) is 22.2 Å². The van der Waals surface area contributed by atoms with Gasteiger partial charge in [0.25, 0.3) is 0 Å². The third-order valence-electron chi connectivity index (χ3n) is 2.28. The quantitative estimate of drug-likeness (QED) is 0.522. The zero-order valence-electron chi connectivity index (χ0n) is 11.1. The number of rotatable bonds is 8. The average Bonchev–Trinajstić information content (AvgIpc) is 2.34. The van der Waals surface area contributed by atoms with Crippen molar-refractivity contribution in [3.63, 3.8) is 0 Å². The van der Waals surface area contributed by atoms with Crippen LogP contribution in [0.5, 0.6) is 0 Å². The Morgan fingerprint density at radius 3 is 1.37 bits per heavy atom. The van der Waals surface area contributed by atoms with E-state index in [1.807, 2.05) is 0 Å². The van der Waals surface area contributed by atoms with Gasteiger partial charge in [-0.2, -0.15) is 0 Å². The SMILES string of the molecule is O=C(O)CCC#CCCCCCC#CCCC(=O)O. The van der Waals surface area contributed by atoms with Crippen LogP contribution in [0.4, 0.5) is 0 Å². The summed E-state index contributed by atoms with van der Waals surface area (Å²) in [5.74, 6) is 9.94. The van der Waals surface area contributed by atoms with Gasteiger partial charge in [-0.15, -0.1) is 23.7 Å². The third-order valence-corrected chi connectivity index (χ3v) is 2.28. The van der Waals surface area contributed by atoms with Crippen LogP contribution in [0, 0.1) is 23.7 Å².